The van der Waals surface area contributed by atoms with E-state index in [2.05, 4.69) is 11.1 Å². The lowest BCUT2D eigenvalue weighted by Crippen LogP contribution is -2.20. The first kappa shape index (κ1) is 14.8. The van der Waals surface area contributed by atoms with Crippen LogP contribution in [0.1, 0.15) is 11.3 Å². The first-order valence-corrected chi connectivity index (χ1v) is 6.70. The number of benzene rings is 1. The van der Waals surface area contributed by atoms with Crippen LogP contribution in [0.25, 0.3) is 11.6 Å². The number of aliphatic hydroxyl groups is 1. The van der Waals surface area contributed by atoms with Crippen LogP contribution in [0.2, 0.25) is 0 Å². The number of aromatic nitrogens is 1. The summed E-state index contributed by atoms with van der Waals surface area (Å²) in [5, 5.41) is 18.2. The highest BCUT2D eigenvalue weighted by atomic mass is 16.3. The highest BCUT2D eigenvalue weighted by molar-refractivity contribution is 5.88. The van der Waals surface area contributed by atoms with Gasteiger partial charge in [0.05, 0.1) is 17.9 Å². The molecule has 1 aromatic carbocycles. The van der Waals surface area contributed by atoms with Crippen LogP contribution in [-0.4, -0.2) is 30.3 Å². The van der Waals surface area contributed by atoms with E-state index in [4.69, 9.17) is 5.11 Å². The molecule has 0 saturated carbocycles. The van der Waals surface area contributed by atoms with Gasteiger partial charge in [-0.3, -0.25) is 4.98 Å². The highest BCUT2D eigenvalue weighted by Crippen LogP contribution is 2.18. The Bertz CT molecular complexity index is 642. The Labute approximate surface area is 124 Å². The molecule has 0 radical (unpaired) electrons. The topological polar surface area (TPSA) is 60.1 Å². The van der Waals surface area contributed by atoms with Gasteiger partial charge in [0.15, 0.2) is 0 Å². The molecule has 1 N–H and O–H groups in total. The molecule has 106 valence electrons. The van der Waals surface area contributed by atoms with Gasteiger partial charge >= 0.3 is 0 Å². The molecule has 2 rings (SSSR count). The molecule has 0 unspecified atom stereocenters. The predicted molar refractivity (Wildman–Crippen MR) is 84.5 cm³/mol. The minimum Gasteiger partial charge on any atom is -0.395 e. The number of pyridine rings is 1. The zero-order valence-electron chi connectivity index (χ0n) is 11.9. The van der Waals surface area contributed by atoms with Crippen molar-refractivity contribution in [3.8, 4) is 6.07 Å². The van der Waals surface area contributed by atoms with Gasteiger partial charge < -0.3 is 10.0 Å². The molecule has 0 spiro atoms. The predicted octanol–water partition coefficient (Wildman–Crippen LogP) is 2.57. The number of nitriles is 1. The molecule has 1 aromatic heterocycles. The third-order valence-corrected chi connectivity index (χ3v) is 3.14. The Morgan fingerprint density at radius 2 is 2.05 bits per heavy atom. The molecular weight excluding hydrogens is 262 g/mol. The van der Waals surface area contributed by atoms with E-state index < -0.39 is 0 Å². The molecule has 4 nitrogen and oxygen atoms in total. The molecule has 0 fully saturated rings. The lowest BCUT2D eigenvalue weighted by molar-refractivity contribution is 0.304. The summed E-state index contributed by atoms with van der Waals surface area (Å²) in [7, 11) is 1.93. The molecular formula is C17H17N3O. The van der Waals surface area contributed by atoms with Crippen LogP contribution < -0.4 is 4.90 Å². The summed E-state index contributed by atoms with van der Waals surface area (Å²) in [4.78, 5) is 6.16. The maximum Gasteiger partial charge on any atom is 0.101 e. The van der Waals surface area contributed by atoms with E-state index in [-0.39, 0.29) is 6.61 Å². The second-order valence-electron chi connectivity index (χ2n) is 4.62. The minimum atomic E-state index is 0.121. The lowest BCUT2D eigenvalue weighted by atomic mass is 10.1. The zero-order chi connectivity index (χ0) is 15.1. The van der Waals surface area contributed by atoms with Crippen LogP contribution in [0.4, 0.5) is 5.69 Å². The molecule has 0 saturated heterocycles. The number of aliphatic hydroxyl groups excluding tert-OH is 1. The highest BCUT2D eigenvalue weighted by Gasteiger charge is 2.03. The number of hydrogen-bond acceptors (Lipinski definition) is 4. The second kappa shape index (κ2) is 7.22. The molecule has 0 atom stereocenters. The Morgan fingerprint density at radius 3 is 2.62 bits per heavy atom. The first-order chi connectivity index (χ1) is 10.2. The molecule has 0 aliphatic carbocycles. The number of allylic oxidation sites excluding steroid dienone is 1. The van der Waals surface area contributed by atoms with E-state index in [1.807, 2.05) is 60.5 Å². The summed E-state index contributed by atoms with van der Waals surface area (Å²) in [5.74, 6) is 0. The molecule has 1 heterocycles. The van der Waals surface area contributed by atoms with Crippen molar-refractivity contribution in [2.24, 2.45) is 0 Å². The van der Waals surface area contributed by atoms with Gasteiger partial charge in [-0.1, -0.05) is 18.2 Å². The van der Waals surface area contributed by atoms with Gasteiger partial charge in [0.1, 0.15) is 6.07 Å². The van der Waals surface area contributed by atoms with Crippen molar-refractivity contribution < 1.29 is 5.11 Å². The van der Waals surface area contributed by atoms with Gasteiger partial charge in [-0.05, 0) is 35.9 Å². The zero-order valence-corrected chi connectivity index (χ0v) is 11.9. The van der Waals surface area contributed by atoms with Crippen LogP contribution in [0.3, 0.4) is 0 Å². The van der Waals surface area contributed by atoms with E-state index in [1.165, 1.54) is 0 Å². The largest absolute Gasteiger partial charge is 0.395 e. The maximum absolute atomic E-state index is 9.26. The lowest BCUT2D eigenvalue weighted by Gasteiger charge is -2.17. The van der Waals surface area contributed by atoms with Crippen molar-refractivity contribution in [1.29, 1.82) is 5.26 Å². The van der Waals surface area contributed by atoms with Gasteiger partial charge in [0, 0.05) is 25.5 Å². The third-order valence-electron chi connectivity index (χ3n) is 3.14. The van der Waals surface area contributed by atoms with Gasteiger partial charge in [-0.25, -0.2) is 0 Å². The van der Waals surface area contributed by atoms with Crippen LogP contribution in [-0.2, 0) is 0 Å². The van der Waals surface area contributed by atoms with Gasteiger partial charge in [0.2, 0.25) is 0 Å². The number of nitrogens with zero attached hydrogens (tertiary/aromatic N) is 3. The van der Waals surface area contributed by atoms with Crippen LogP contribution in [0, 0.1) is 11.3 Å². The van der Waals surface area contributed by atoms with E-state index in [0.717, 1.165) is 11.3 Å². The number of rotatable bonds is 5. The van der Waals surface area contributed by atoms with Crippen molar-refractivity contribution in [1.82, 2.24) is 4.98 Å². The van der Waals surface area contributed by atoms with Crippen molar-refractivity contribution in [3.63, 3.8) is 0 Å². The Hall–Kier alpha value is -2.64. The fourth-order valence-electron chi connectivity index (χ4n) is 1.96. The Balaban J connectivity index is 2.22. The quantitative estimate of drug-likeness (QED) is 0.855. The van der Waals surface area contributed by atoms with Crippen LogP contribution in [0.15, 0.2) is 48.7 Å². The Kier molecular flexibility index (Phi) is 5.08. The maximum atomic E-state index is 9.26. The fraction of sp³-hybridized carbons (Fsp3) is 0.176. The SMILES string of the molecule is CN(CCO)c1ccc(/C=C(\C#N)c2ccccn2)cc1. The molecule has 0 aliphatic rings. The molecule has 21 heavy (non-hydrogen) atoms. The van der Waals surface area contributed by atoms with E-state index >= 15 is 0 Å². The standard InChI is InChI=1S/C17H17N3O/c1-20(10-11-21)16-7-5-14(6-8-16)12-15(13-18)17-4-2-3-9-19-17/h2-9,12,21H,10-11H2,1H3/b15-12+. The van der Waals surface area contributed by atoms with E-state index in [1.54, 1.807) is 6.20 Å². The van der Waals surface area contributed by atoms with Gasteiger partial charge in [0.25, 0.3) is 0 Å². The van der Waals surface area contributed by atoms with Gasteiger partial charge in [-0.2, -0.15) is 5.26 Å². The molecule has 2 aromatic rings. The average molecular weight is 279 g/mol. The third kappa shape index (κ3) is 3.91. The van der Waals surface area contributed by atoms with E-state index in [9.17, 15) is 5.26 Å². The summed E-state index contributed by atoms with van der Waals surface area (Å²) < 4.78 is 0. The molecule has 0 bridgehead atoms. The molecule has 0 amide bonds. The van der Waals surface area contributed by atoms with Gasteiger partial charge in [-0.15, -0.1) is 0 Å². The van der Waals surface area contributed by atoms with Crippen molar-refractivity contribution in [2.75, 3.05) is 25.1 Å². The van der Waals surface area contributed by atoms with Crippen molar-refractivity contribution in [2.45, 2.75) is 0 Å². The summed E-state index contributed by atoms with van der Waals surface area (Å²) in [6.07, 6.45) is 3.49. The van der Waals surface area contributed by atoms with Crippen molar-refractivity contribution >= 4 is 17.3 Å². The summed E-state index contributed by atoms with van der Waals surface area (Å²) in [6.45, 7) is 0.711. The van der Waals surface area contributed by atoms with Crippen LogP contribution in [0.5, 0.6) is 0 Å². The van der Waals surface area contributed by atoms with Crippen molar-refractivity contribution in [3.05, 3.63) is 59.9 Å². The molecule has 4 heteroatoms. The summed E-state index contributed by atoms with van der Waals surface area (Å²) in [5.41, 5.74) is 3.17. The molecule has 0 aliphatic heterocycles. The normalized spacial score (nSPS) is 11.0. The summed E-state index contributed by atoms with van der Waals surface area (Å²) in [6, 6.07) is 15.5. The van der Waals surface area contributed by atoms with Crippen LogP contribution >= 0.6 is 0 Å². The number of anilines is 1. The first-order valence-electron chi connectivity index (χ1n) is 6.70. The average Bonchev–Trinajstić information content (AvgIpc) is 2.54. The van der Waals surface area contributed by atoms with E-state index in [0.29, 0.717) is 17.8 Å². The Morgan fingerprint density at radius 1 is 1.29 bits per heavy atom. The fourth-order valence-corrected chi connectivity index (χ4v) is 1.96. The summed E-state index contributed by atoms with van der Waals surface area (Å²) >= 11 is 0. The number of likely N-dealkylation sites (N-methyl/N-ethyl adjacent to an activating group) is 1. The monoisotopic (exact) mass is 279 g/mol. The second-order valence-corrected chi connectivity index (χ2v) is 4.62. The number of hydrogen-bond donors (Lipinski definition) is 1. The smallest absolute Gasteiger partial charge is 0.101 e. The minimum absolute atomic E-state index is 0.121.